The lowest BCUT2D eigenvalue weighted by molar-refractivity contribution is -0.115. The molecule has 35 heavy (non-hydrogen) atoms. The number of amides is 2. The second-order valence-corrected chi connectivity index (χ2v) is 8.22. The minimum Gasteiger partial charge on any atom is -0.383 e. The van der Waals surface area contributed by atoms with Crippen molar-refractivity contribution in [3.05, 3.63) is 59.3 Å². The summed E-state index contributed by atoms with van der Waals surface area (Å²) in [5.41, 5.74) is 12.7. The van der Waals surface area contributed by atoms with Gasteiger partial charge in [0.1, 0.15) is 17.1 Å². The smallest absolute Gasteiger partial charge is 0.383 e. The maximum atomic E-state index is 12.5. The molecule has 2 heterocycles. The van der Waals surface area contributed by atoms with E-state index in [1.54, 1.807) is 24.3 Å². The lowest BCUT2D eigenvalue weighted by atomic mass is 10.0. The standard InChI is InChI=1S/C23H25F3N6O3/c1-12(2)32-21(27)19(22(28)34)20(30-32)15-7-5-14(6-8-15)10-17(33)29-18-11-16(31-35-18)9-4-13(3)23(24,25)26/h5-8,11-12H,3-4,9-10,27H2,1-2H3,(H2,28,34)(H,29,33). The fourth-order valence-corrected chi connectivity index (χ4v) is 3.34. The molecule has 2 amide bonds. The van der Waals surface area contributed by atoms with E-state index in [0.717, 1.165) is 0 Å². The lowest BCUT2D eigenvalue weighted by Crippen LogP contribution is -2.15. The van der Waals surface area contributed by atoms with Crippen molar-refractivity contribution < 1.29 is 27.3 Å². The number of aryl methyl sites for hydroxylation is 1. The molecule has 0 spiro atoms. The average molecular weight is 490 g/mol. The molecule has 0 unspecified atom stereocenters. The van der Waals surface area contributed by atoms with E-state index in [1.807, 2.05) is 13.8 Å². The molecule has 0 atom stereocenters. The number of aromatic nitrogens is 3. The molecular weight excluding hydrogens is 465 g/mol. The van der Waals surface area contributed by atoms with E-state index >= 15 is 0 Å². The number of nitrogen functional groups attached to an aromatic ring is 1. The highest BCUT2D eigenvalue weighted by Crippen LogP contribution is 2.30. The van der Waals surface area contributed by atoms with E-state index in [0.29, 0.717) is 16.8 Å². The van der Waals surface area contributed by atoms with Crippen LogP contribution in [0.3, 0.4) is 0 Å². The summed E-state index contributed by atoms with van der Waals surface area (Å²) in [6, 6.07) is 8.07. The van der Waals surface area contributed by atoms with Gasteiger partial charge in [0.2, 0.25) is 11.8 Å². The molecule has 0 radical (unpaired) electrons. The number of hydrogen-bond donors (Lipinski definition) is 3. The summed E-state index contributed by atoms with van der Waals surface area (Å²) in [6.07, 6.45) is -4.82. The first-order chi connectivity index (χ1) is 16.4. The van der Waals surface area contributed by atoms with Crippen molar-refractivity contribution in [1.82, 2.24) is 14.9 Å². The maximum absolute atomic E-state index is 12.5. The van der Waals surface area contributed by atoms with Crippen LogP contribution < -0.4 is 16.8 Å². The second kappa shape index (κ2) is 10.0. The minimum absolute atomic E-state index is 0.00750. The summed E-state index contributed by atoms with van der Waals surface area (Å²) >= 11 is 0. The zero-order chi connectivity index (χ0) is 25.9. The number of nitrogens with one attached hydrogen (secondary N) is 1. The summed E-state index contributed by atoms with van der Waals surface area (Å²) in [5, 5.41) is 10.6. The molecular formula is C23H25F3N6O3. The molecule has 0 aliphatic carbocycles. The first kappa shape index (κ1) is 25.5. The largest absolute Gasteiger partial charge is 0.412 e. The first-order valence-corrected chi connectivity index (χ1v) is 10.6. The van der Waals surface area contributed by atoms with E-state index in [2.05, 4.69) is 22.2 Å². The van der Waals surface area contributed by atoms with Crippen molar-refractivity contribution >= 4 is 23.5 Å². The van der Waals surface area contributed by atoms with Crippen molar-refractivity contribution in [2.75, 3.05) is 11.1 Å². The van der Waals surface area contributed by atoms with Crippen LogP contribution in [0.2, 0.25) is 0 Å². The van der Waals surface area contributed by atoms with Crippen LogP contribution in [-0.4, -0.2) is 32.9 Å². The van der Waals surface area contributed by atoms with Gasteiger partial charge in [-0.25, -0.2) is 4.68 Å². The highest BCUT2D eigenvalue weighted by atomic mass is 19.4. The van der Waals surface area contributed by atoms with Crippen LogP contribution in [0.1, 0.15) is 47.9 Å². The third-order valence-electron chi connectivity index (χ3n) is 5.18. The Hall–Kier alpha value is -4.09. The highest BCUT2D eigenvalue weighted by molar-refractivity contribution is 6.03. The molecule has 0 aliphatic heterocycles. The molecule has 0 aliphatic rings. The fourth-order valence-electron chi connectivity index (χ4n) is 3.34. The van der Waals surface area contributed by atoms with Crippen molar-refractivity contribution in [3.63, 3.8) is 0 Å². The highest BCUT2D eigenvalue weighted by Gasteiger charge is 2.31. The Morgan fingerprint density at radius 1 is 1.23 bits per heavy atom. The zero-order valence-electron chi connectivity index (χ0n) is 19.1. The van der Waals surface area contributed by atoms with Gasteiger partial charge in [-0.1, -0.05) is 36.0 Å². The molecule has 12 heteroatoms. The Morgan fingerprint density at radius 2 is 1.89 bits per heavy atom. The Labute approximate surface area is 198 Å². The SMILES string of the molecule is C=C(CCc1cc(NC(=O)Cc2ccc(-c3nn(C(C)C)c(N)c3C(N)=O)cc2)on1)C(F)(F)F. The lowest BCUT2D eigenvalue weighted by Gasteiger charge is -2.07. The van der Waals surface area contributed by atoms with Crippen LogP contribution in [0.5, 0.6) is 0 Å². The van der Waals surface area contributed by atoms with Crippen LogP contribution in [-0.2, 0) is 17.6 Å². The van der Waals surface area contributed by atoms with E-state index in [-0.39, 0.29) is 48.3 Å². The monoisotopic (exact) mass is 490 g/mol. The fraction of sp³-hybridized carbons (Fsp3) is 0.304. The third-order valence-corrected chi connectivity index (χ3v) is 5.18. The molecule has 0 fully saturated rings. The number of allylic oxidation sites excluding steroid dienone is 1. The molecule has 2 aromatic heterocycles. The second-order valence-electron chi connectivity index (χ2n) is 8.22. The number of alkyl halides is 3. The number of hydrogen-bond acceptors (Lipinski definition) is 6. The normalized spacial score (nSPS) is 11.6. The molecule has 3 aromatic rings. The Morgan fingerprint density at radius 3 is 2.46 bits per heavy atom. The van der Waals surface area contributed by atoms with Gasteiger partial charge in [0.15, 0.2) is 0 Å². The minimum atomic E-state index is -4.46. The van der Waals surface area contributed by atoms with Crippen LogP contribution in [0.15, 0.2) is 47.0 Å². The quantitative estimate of drug-likeness (QED) is 0.387. The molecule has 0 saturated carbocycles. The van der Waals surface area contributed by atoms with Gasteiger partial charge in [-0.3, -0.25) is 14.9 Å². The van der Waals surface area contributed by atoms with Gasteiger partial charge in [0.25, 0.3) is 5.91 Å². The van der Waals surface area contributed by atoms with Gasteiger partial charge in [0.05, 0.1) is 12.1 Å². The Bertz CT molecular complexity index is 1240. The molecule has 0 saturated heterocycles. The molecule has 3 rings (SSSR count). The number of rotatable bonds is 9. The van der Waals surface area contributed by atoms with Gasteiger partial charge >= 0.3 is 6.18 Å². The topological polar surface area (TPSA) is 142 Å². The number of nitrogens with zero attached hydrogens (tertiary/aromatic N) is 3. The van der Waals surface area contributed by atoms with Gasteiger partial charge < -0.3 is 16.0 Å². The molecule has 186 valence electrons. The van der Waals surface area contributed by atoms with E-state index in [9.17, 15) is 22.8 Å². The van der Waals surface area contributed by atoms with Crippen molar-refractivity contribution in [2.45, 2.75) is 45.3 Å². The number of nitrogens with two attached hydrogens (primary N) is 2. The van der Waals surface area contributed by atoms with E-state index < -0.39 is 23.6 Å². The van der Waals surface area contributed by atoms with E-state index in [4.69, 9.17) is 16.0 Å². The van der Waals surface area contributed by atoms with Gasteiger partial charge in [0, 0.05) is 23.2 Å². The maximum Gasteiger partial charge on any atom is 0.412 e. The van der Waals surface area contributed by atoms with Crippen LogP contribution in [0, 0.1) is 0 Å². The summed E-state index contributed by atoms with van der Waals surface area (Å²) < 4.78 is 44.1. The number of carbonyl (C=O) groups is 2. The van der Waals surface area contributed by atoms with Crippen molar-refractivity contribution in [1.29, 1.82) is 0 Å². The predicted molar refractivity (Wildman–Crippen MR) is 123 cm³/mol. The number of benzene rings is 1. The van der Waals surface area contributed by atoms with Crippen molar-refractivity contribution in [2.24, 2.45) is 5.73 Å². The molecule has 0 bridgehead atoms. The summed E-state index contributed by atoms with van der Waals surface area (Å²) in [7, 11) is 0. The number of primary amides is 1. The number of carbonyl (C=O) groups excluding carboxylic acids is 2. The average Bonchev–Trinajstić information content (AvgIpc) is 3.35. The van der Waals surface area contributed by atoms with Gasteiger partial charge in [-0.15, -0.1) is 0 Å². The van der Waals surface area contributed by atoms with Crippen LogP contribution in [0.4, 0.5) is 24.9 Å². The summed E-state index contributed by atoms with van der Waals surface area (Å²) in [6.45, 7) is 6.75. The summed E-state index contributed by atoms with van der Waals surface area (Å²) in [5.74, 6) is -0.895. The first-order valence-electron chi connectivity index (χ1n) is 10.6. The predicted octanol–water partition coefficient (Wildman–Crippen LogP) is 4.03. The molecule has 1 aromatic carbocycles. The van der Waals surface area contributed by atoms with E-state index in [1.165, 1.54) is 10.7 Å². The third kappa shape index (κ3) is 6.08. The molecule has 9 nitrogen and oxygen atoms in total. The Balaban J connectivity index is 1.64. The number of anilines is 2. The zero-order valence-corrected chi connectivity index (χ0v) is 19.1. The van der Waals surface area contributed by atoms with Gasteiger partial charge in [-0.05, 0) is 32.3 Å². The van der Waals surface area contributed by atoms with Crippen molar-refractivity contribution in [3.8, 4) is 11.3 Å². The van der Waals surface area contributed by atoms with Gasteiger partial charge in [-0.2, -0.15) is 18.3 Å². The molecule has 5 N–H and O–H groups in total. The number of halogens is 3. The summed E-state index contributed by atoms with van der Waals surface area (Å²) in [4.78, 5) is 24.3. The Kier molecular flexibility index (Phi) is 7.32. The van der Waals surface area contributed by atoms with Crippen LogP contribution >= 0.6 is 0 Å². The van der Waals surface area contributed by atoms with Crippen LogP contribution in [0.25, 0.3) is 11.3 Å².